The number of hydrogen-bond acceptors (Lipinski definition) is 4. The topological polar surface area (TPSA) is 58.6 Å². The second-order valence-corrected chi connectivity index (χ2v) is 5.00. The molecule has 1 aliphatic rings. The number of carbonyl (C=O) groups excluding carboxylic acids is 2. The van der Waals surface area contributed by atoms with Gasteiger partial charge in [-0.05, 0) is 25.1 Å². The molecule has 1 aliphatic heterocycles. The lowest BCUT2D eigenvalue weighted by atomic mass is 10.1. The lowest BCUT2D eigenvalue weighted by molar-refractivity contribution is -0.149. The molecule has 1 atom stereocenters. The van der Waals surface area contributed by atoms with E-state index in [1.807, 2.05) is 0 Å². The minimum Gasteiger partial charge on any atom is -0.464 e. The van der Waals surface area contributed by atoms with Gasteiger partial charge in [0.2, 0.25) is 0 Å². The molecule has 1 unspecified atom stereocenters. The first kappa shape index (κ1) is 15.7. The lowest BCUT2D eigenvalue weighted by Gasteiger charge is -2.34. The van der Waals surface area contributed by atoms with Crippen LogP contribution in [0, 0.1) is 5.82 Å². The van der Waals surface area contributed by atoms with Crippen LogP contribution in [0.2, 0.25) is 5.02 Å². The average Bonchev–Trinajstić information content (AvgIpc) is 2.47. The highest BCUT2D eigenvalue weighted by atomic mass is 35.5. The highest BCUT2D eigenvalue weighted by molar-refractivity contribution is 6.33. The van der Waals surface area contributed by atoms with Gasteiger partial charge in [0.25, 0.3) is 5.91 Å². The fourth-order valence-corrected chi connectivity index (χ4v) is 2.46. The van der Waals surface area contributed by atoms with Crippen LogP contribution in [0.1, 0.15) is 17.3 Å². The smallest absolute Gasteiger partial charge is 0.330 e. The normalized spacial score (nSPS) is 18.4. The maximum absolute atomic E-state index is 13.1. The molecule has 0 aromatic heterocycles. The molecule has 7 heteroatoms. The summed E-state index contributed by atoms with van der Waals surface area (Å²) in [4.78, 5) is 25.9. The summed E-state index contributed by atoms with van der Waals surface area (Å²) < 4.78 is 18.0. The Bertz CT molecular complexity index is 553. The summed E-state index contributed by atoms with van der Waals surface area (Å²) in [5, 5.41) is 3.08. The van der Waals surface area contributed by atoms with E-state index in [4.69, 9.17) is 16.3 Å². The standard InChI is InChI=1S/C14H16ClFN2O3/c1-2-21-14(20)12-8-17-5-6-18(12)13(19)10-4-3-9(16)7-11(10)15/h3-4,7,12,17H,2,5-6,8H2,1H3. The minimum atomic E-state index is -0.702. The molecule has 0 radical (unpaired) electrons. The second-order valence-electron chi connectivity index (χ2n) is 4.59. The zero-order valence-electron chi connectivity index (χ0n) is 11.6. The summed E-state index contributed by atoms with van der Waals surface area (Å²) >= 11 is 5.91. The number of piperazine rings is 1. The Morgan fingerprint density at radius 3 is 2.95 bits per heavy atom. The van der Waals surface area contributed by atoms with E-state index in [1.165, 1.54) is 17.0 Å². The van der Waals surface area contributed by atoms with E-state index in [2.05, 4.69) is 5.32 Å². The van der Waals surface area contributed by atoms with Crippen molar-refractivity contribution in [2.45, 2.75) is 13.0 Å². The van der Waals surface area contributed by atoms with Crippen molar-refractivity contribution in [2.75, 3.05) is 26.2 Å². The summed E-state index contributed by atoms with van der Waals surface area (Å²) in [7, 11) is 0. The molecule has 0 bridgehead atoms. The van der Waals surface area contributed by atoms with Crippen LogP contribution in [0.15, 0.2) is 18.2 Å². The van der Waals surface area contributed by atoms with Gasteiger partial charge in [0.05, 0.1) is 17.2 Å². The first-order chi connectivity index (χ1) is 10.0. The molecule has 1 N–H and O–H groups in total. The van der Waals surface area contributed by atoms with Crippen LogP contribution >= 0.6 is 11.6 Å². The molecule has 0 spiro atoms. The van der Waals surface area contributed by atoms with Gasteiger partial charge in [0.15, 0.2) is 0 Å². The van der Waals surface area contributed by atoms with Gasteiger partial charge in [0, 0.05) is 19.6 Å². The van der Waals surface area contributed by atoms with Gasteiger partial charge in [-0.15, -0.1) is 0 Å². The number of ether oxygens (including phenoxy) is 1. The average molecular weight is 315 g/mol. The number of esters is 1. The van der Waals surface area contributed by atoms with Gasteiger partial charge in [-0.25, -0.2) is 9.18 Å². The van der Waals surface area contributed by atoms with E-state index in [0.29, 0.717) is 19.6 Å². The molecule has 1 aromatic carbocycles. The number of rotatable bonds is 3. The molecule has 1 heterocycles. The third-order valence-corrected chi connectivity index (χ3v) is 3.54. The van der Waals surface area contributed by atoms with E-state index in [0.717, 1.165) is 6.07 Å². The van der Waals surface area contributed by atoms with Gasteiger partial charge in [0.1, 0.15) is 11.9 Å². The maximum Gasteiger partial charge on any atom is 0.330 e. The Kier molecular flexibility index (Phi) is 5.14. The molecule has 1 fully saturated rings. The van der Waals surface area contributed by atoms with Crippen molar-refractivity contribution in [3.8, 4) is 0 Å². The SMILES string of the molecule is CCOC(=O)C1CNCCN1C(=O)c1ccc(F)cc1Cl. The monoisotopic (exact) mass is 314 g/mol. The van der Waals surface area contributed by atoms with Crippen molar-refractivity contribution in [3.05, 3.63) is 34.6 Å². The van der Waals surface area contributed by atoms with Crippen LogP contribution in [0.25, 0.3) is 0 Å². The van der Waals surface area contributed by atoms with Crippen molar-refractivity contribution in [2.24, 2.45) is 0 Å². The Labute approximate surface area is 127 Å². The maximum atomic E-state index is 13.1. The van der Waals surface area contributed by atoms with E-state index < -0.39 is 23.7 Å². The van der Waals surface area contributed by atoms with E-state index >= 15 is 0 Å². The lowest BCUT2D eigenvalue weighted by Crippen LogP contribution is -2.57. The summed E-state index contributed by atoms with van der Waals surface area (Å²) in [6, 6.07) is 2.87. The molecule has 2 rings (SSSR count). The van der Waals surface area contributed by atoms with Crippen LogP contribution < -0.4 is 5.32 Å². The van der Waals surface area contributed by atoms with Gasteiger partial charge >= 0.3 is 5.97 Å². The Morgan fingerprint density at radius 2 is 2.29 bits per heavy atom. The summed E-state index contributed by atoms with van der Waals surface area (Å²) in [5.41, 5.74) is 0.175. The Morgan fingerprint density at radius 1 is 1.52 bits per heavy atom. The summed E-state index contributed by atoms with van der Waals surface area (Å²) in [6.45, 7) is 3.20. The quantitative estimate of drug-likeness (QED) is 0.858. The zero-order chi connectivity index (χ0) is 15.4. The molecule has 5 nitrogen and oxygen atoms in total. The zero-order valence-corrected chi connectivity index (χ0v) is 12.3. The first-order valence-corrected chi connectivity index (χ1v) is 7.05. The summed E-state index contributed by atoms with van der Waals surface area (Å²) in [6.07, 6.45) is 0. The van der Waals surface area contributed by atoms with E-state index in [1.54, 1.807) is 6.92 Å². The van der Waals surface area contributed by atoms with Crippen molar-refractivity contribution in [1.82, 2.24) is 10.2 Å². The molecule has 1 aromatic rings. The number of carbonyl (C=O) groups is 2. The molecule has 21 heavy (non-hydrogen) atoms. The fourth-order valence-electron chi connectivity index (χ4n) is 2.21. The van der Waals surface area contributed by atoms with Gasteiger partial charge < -0.3 is 15.0 Å². The minimum absolute atomic E-state index is 0.0288. The predicted molar refractivity (Wildman–Crippen MR) is 75.7 cm³/mol. The van der Waals surface area contributed by atoms with Crippen LogP contribution in [0.4, 0.5) is 4.39 Å². The third-order valence-electron chi connectivity index (χ3n) is 3.22. The molecule has 1 amide bonds. The number of halogens is 2. The highest BCUT2D eigenvalue weighted by Crippen LogP contribution is 2.21. The van der Waals surface area contributed by atoms with Crippen molar-refractivity contribution in [3.63, 3.8) is 0 Å². The second kappa shape index (κ2) is 6.87. The third kappa shape index (κ3) is 3.51. The van der Waals surface area contributed by atoms with Gasteiger partial charge in [-0.2, -0.15) is 0 Å². The number of nitrogens with zero attached hydrogens (tertiary/aromatic N) is 1. The molecule has 0 saturated carbocycles. The molecule has 114 valence electrons. The number of amides is 1. The number of hydrogen-bond donors (Lipinski definition) is 1. The van der Waals surface area contributed by atoms with Crippen molar-refractivity contribution in [1.29, 1.82) is 0 Å². The predicted octanol–water partition coefficient (Wildman–Crippen LogP) is 1.46. The van der Waals surface area contributed by atoms with Gasteiger partial charge in [-0.1, -0.05) is 11.6 Å². The Balaban J connectivity index is 2.24. The highest BCUT2D eigenvalue weighted by Gasteiger charge is 2.34. The van der Waals surface area contributed by atoms with E-state index in [9.17, 15) is 14.0 Å². The largest absolute Gasteiger partial charge is 0.464 e. The Hall–Kier alpha value is -1.66. The van der Waals surface area contributed by atoms with Crippen molar-refractivity contribution < 1.29 is 18.7 Å². The number of benzene rings is 1. The van der Waals surface area contributed by atoms with Crippen LogP contribution in [0.5, 0.6) is 0 Å². The molecular formula is C14H16ClFN2O3. The first-order valence-electron chi connectivity index (χ1n) is 6.68. The molecule has 1 saturated heterocycles. The molecular weight excluding hydrogens is 299 g/mol. The van der Waals surface area contributed by atoms with Crippen molar-refractivity contribution >= 4 is 23.5 Å². The van der Waals surface area contributed by atoms with Crippen LogP contribution in [-0.4, -0.2) is 49.1 Å². The van der Waals surface area contributed by atoms with Gasteiger partial charge in [-0.3, -0.25) is 4.79 Å². The van der Waals surface area contributed by atoms with E-state index in [-0.39, 0.29) is 17.2 Å². The fraction of sp³-hybridized carbons (Fsp3) is 0.429. The number of nitrogens with one attached hydrogen (secondary N) is 1. The van der Waals surface area contributed by atoms with Crippen LogP contribution in [-0.2, 0) is 9.53 Å². The molecule has 0 aliphatic carbocycles. The summed E-state index contributed by atoms with van der Waals surface area (Å²) in [5.74, 6) is -1.38. The van der Waals surface area contributed by atoms with Crippen LogP contribution in [0.3, 0.4) is 0 Å².